The van der Waals surface area contributed by atoms with Crippen LogP contribution in [0.4, 0.5) is 0 Å². The molecule has 0 spiro atoms. The van der Waals surface area contributed by atoms with E-state index >= 15 is 0 Å². The maximum atomic E-state index is 10.7. The molecule has 0 fully saturated rings. The molecule has 3 aromatic carbocycles. The molecule has 2 aliphatic rings. The number of hydrogen-bond donors (Lipinski definition) is 1. The first-order valence-electron chi connectivity index (χ1n) is 8.17. The molecule has 2 aliphatic heterocycles. The zero-order valence-corrected chi connectivity index (χ0v) is 14.2. The monoisotopic (exact) mass is 352 g/mol. The van der Waals surface area contributed by atoms with Gasteiger partial charge in [-0.3, -0.25) is 0 Å². The van der Waals surface area contributed by atoms with Crippen molar-refractivity contribution in [1.29, 1.82) is 0 Å². The molecule has 0 saturated carbocycles. The van der Waals surface area contributed by atoms with Crippen molar-refractivity contribution in [3.8, 4) is 39.9 Å². The van der Waals surface area contributed by atoms with E-state index in [9.17, 15) is 5.11 Å². The lowest BCUT2D eigenvalue weighted by atomic mass is 9.92. The molecule has 0 aromatic heterocycles. The highest BCUT2D eigenvalue weighted by Gasteiger charge is 2.31. The Kier molecular flexibility index (Phi) is 3.17. The van der Waals surface area contributed by atoms with Gasteiger partial charge >= 0.3 is 0 Å². The smallest absolute Gasteiger partial charge is 0.231 e. The molecular formula is C20H16O6. The van der Waals surface area contributed by atoms with Crippen LogP contribution in [0.25, 0.3) is 21.9 Å². The van der Waals surface area contributed by atoms with E-state index in [1.165, 1.54) is 0 Å². The van der Waals surface area contributed by atoms with Gasteiger partial charge in [-0.25, -0.2) is 0 Å². The van der Waals surface area contributed by atoms with E-state index in [0.717, 1.165) is 21.9 Å². The number of aliphatic hydroxyl groups is 1. The number of rotatable bonds is 2. The number of fused-ring (bicyclic) bond motifs is 6. The highest BCUT2D eigenvalue weighted by molar-refractivity contribution is 5.98. The van der Waals surface area contributed by atoms with Crippen LogP contribution in [-0.4, -0.2) is 26.1 Å². The Balaban J connectivity index is 1.79. The molecule has 3 aromatic rings. The van der Waals surface area contributed by atoms with Gasteiger partial charge in [-0.05, 0) is 41.3 Å². The van der Waals surface area contributed by atoms with E-state index < -0.39 is 6.29 Å². The van der Waals surface area contributed by atoms with Crippen LogP contribution < -0.4 is 23.7 Å². The van der Waals surface area contributed by atoms with E-state index in [1.807, 2.05) is 36.4 Å². The number of aliphatic hydroxyl groups excluding tert-OH is 1. The summed E-state index contributed by atoms with van der Waals surface area (Å²) in [5.41, 5.74) is 2.27. The summed E-state index contributed by atoms with van der Waals surface area (Å²) >= 11 is 0. The lowest BCUT2D eigenvalue weighted by Gasteiger charge is -2.28. The number of ether oxygens (including phenoxy) is 5. The van der Waals surface area contributed by atoms with Gasteiger partial charge in [0.25, 0.3) is 0 Å². The van der Waals surface area contributed by atoms with Crippen LogP contribution in [0.15, 0.2) is 36.4 Å². The second-order valence-electron chi connectivity index (χ2n) is 6.10. The Morgan fingerprint density at radius 1 is 0.962 bits per heavy atom. The lowest BCUT2D eigenvalue weighted by Crippen LogP contribution is -2.15. The summed E-state index contributed by atoms with van der Waals surface area (Å²) in [4.78, 5) is 0. The van der Waals surface area contributed by atoms with Crippen LogP contribution in [0.5, 0.6) is 28.7 Å². The fourth-order valence-electron chi connectivity index (χ4n) is 3.63. The van der Waals surface area contributed by atoms with Crippen LogP contribution in [0, 0.1) is 0 Å². The third kappa shape index (κ3) is 1.96. The number of methoxy groups -OCH3 is 2. The molecule has 6 heteroatoms. The number of hydrogen-bond acceptors (Lipinski definition) is 6. The van der Waals surface area contributed by atoms with Crippen molar-refractivity contribution in [1.82, 2.24) is 0 Å². The Morgan fingerprint density at radius 2 is 1.73 bits per heavy atom. The molecule has 2 heterocycles. The van der Waals surface area contributed by atoms with E-state index in [4.69, 9.17) is 23.7 Å². The highest BCUT2D eigenvalue weighted by atomic mass is 16.7. The number of benzene rings is 3. The Bertz CT molecular complexity index is 1040. The normalized spacial score (nSPS) is 16.7. The van der Waals surface area contributed by atoms with Crippen molar-refractivity contribution >= 4 is 10.8 Å². The molecule has 0 aliphatic carbocycles. The van der Waals surface area contributed by atoms with Crippen LogP contribution >= 0.6 is 0 Å². The van der Waals surface area contributed by atoms with Crippen LogP contribution in [0.3, 0.4) is 0 Å². The molecular weight excluding hydrogens is 336 g/mol. The first-order chi connectivity index (χ1) is 12.7. The van der Waals surface area contributed by atoms with Crippen LogP contribution in [0.2, 0.25) is 0 Å². The molecule has 0 radical (unpaired) electrons. The van der Waals surface area contributed by atoms with E-state index in [-0.39, 0.29) is 6.79 Å². The van der Waals surface area contributed by atoms with Gasteiger partial charge in [0.15, 0.2) is 23.0 Å². The maximum absolute atomic E-state index is 10.7. The van der Waals surface area contributed by atoms with E-state index in [0.29, 0.717) is 34.3 Å². The summed E-state index contributed by atoms with van der Waals surface area (Å²) < 4.78 is 27.6. The standard InChI is InChI=1S/C20H16O6/c1-22-14-6-5-11-12-4-3-10-7-15-16(25-9-24-15)8-13(10)18(12)26-20(21)17(11)19(14)23-2/h3-8,20-21H,9H2,1-2H3. The van der Waals surface area contributed by atoms with Gasteiger partial charge in [0.05, 0.1) is 19.8 Å². The minimum absolute atomic E-state index is 0.206. The Labute approximate surface area is 149 Å². The predicted octanol–water partition coefficient (Wildman–Crippen LogP) is 3.64. The largest absolute Gasteiger partial charge is 0.493 e. The maximum Gasteiger partial charge on any atom is 0.231 e. The average molecular weight is 352 g/mol. The topological polar surface area (TPSA) is 66.4 Å². The van der Waals surface area contributed by atoms with E-state index in [2.05, 4.69) is 0 Å². The van der Waals surface area contributed by atoms with Crippen LogP contribution in [0.1, 0.15) is 11.9 Å². The Hall–Kier alpha value is -3.12. The van der Waals surface area contributed by atoms with Crippen LogP contribution in [-0.2, 0) is 0 Å². The third-order valence-electron chi connectivity index (χ3n) is 4.81. The fraction of sp³-hybridized carbons (Fsp3) is 0.200. The van der Waals surface area contributed by atoms with Gasteiger partial charge in [0, 0.05) is 10.9 Å². The minimum atomic E-state index is -1.17. The molecule has 26 heavy (non-hydrogen) atoms. The molecule has 1 atom stereocenters. The van der Waals surface area contributed by atoms with Gasteiger partial charge in [-0.2, -0.15) is 0 Å². The molecule has 0 amide bonds. The molecule has 5 rings (SSSR count). The van der Waals surface area contributed by atoms with Gasteiger partial charge in [0.2, 0.25) is 13.1 Å². The zero-order valence-electron chi connectivity index (χ0n) is 14.2. The fourth-order valence-corrected chi connectivity index (χ4v) is 3.63. The van der Waals surface area contributed by atoms with Crippen molar-refractivity contribution in [3.63, 3.8) is 0 Å². The summed E-state index contributed by atoms with van der Waals surface area (Å²) in [7, 11) is 3.10. The van der Waals surface area contributed by atoms with Gasteiger partial charge in [0.1, 0.15) is 5.75 Å². The van der Waals surface area contributed by atoms with Crippen molar-refractivity contribution in [2.75, 3.05) is 21.0 Å². The SMILES string of the molecule is COc1ccc2c(c1OC)C(O)Oc1c-2ccc2cc3c(cc12)OCO3. The molecule has 1 N–H and O–H groups in total. The van der Waals surface area contributed by atoms with Crippen molar-refractivity contribution in [2.45, 2.75) is 6.29 Å². The molecule has 132 valence electrons. The first kappa shape index (κ1) is 15.2. The lowest BCUT2D eigenvalue weighted by molar-refractivity contribution is -0.0219. The van der Waals surface area contributed by atoms with Gasteiger partial charge < -0.3 is 28.8 Å². The summed E-state index contributed by atoms with van der Waals surface area (Å²) in [5.74, 6) is 2.99. The quantitative estimate of drug-likeness (QED) is 0.760. The highest BCUT2D eigenvalue weighted by Crippen LogP contribution is 2.51. The predicted molar refractivity (Wildman–Crippen MR) is 94.2 cm³/mol. The van der Waals surface area contributed by atoms with Crippen molar-refractivity contribution < 1.29 is 28.8 Å². The average Bonchev–Trinajstić information content (AvgIpc) is 3.12. The molecule has 0 saturated heterocycles. The first-order valence-corrected chi connectivity index (χ1v) is 8.17. The molecule has 0 bridgehead atoms. The summed E-state index contributed by atoms with van der Waals surface area (Å²) in [6.07, 6.45) is -1.17. The minimum Gasteiger partial charge on any atom is -0.493 e. The van der Waals surface area contributed by atoms with Crippen molar-refractivity contribution in [2.24, 2.45) is 0 Å². The van der Waals surface area contributed by atoms with Crippen molar-refractivity contribution in [3.05, 3.63) is 42.0 Å². The van der Waals surface area contributed by atoms with Gasteiger partial charge in [-0.15, -0.1) is 0 Å². The molecule has 6 nitrogen and oxygen atoms in total. The molecule has 1 unspecified atom stereocenters. The van der Waals surface area contributed by atoms with Gasteiger partial charge in [-0.1, -0.05) is 6.07 Å². The summed E-state index contributed by atoms with van der Waals surface area (Å²) in [5, 5.41) is 12.5. The summed E-state index contributed by atoms with van der Waals surface area (Å²) in [6, 6.07) is 11.5. The van der Waals surface area contributed by atoms with E-state index in [1.54, 1.807) is 14.2 Å². The second kappa shape index (κ2) is 5.44. The summed E-state index contributed by atoms with van der Waals surface area (Å²) in [6.45, 7) is 0.206. The second-order valence-corrected chi connectivity index (χ2v) is 6.10. The third-order valence-corrected chi connectivity index (χ3v) is 4.81. The Morgan fingerprint density at radius 3 is 2.50 bits per heavy atom. The zero-order chi connectivity index (χ0) is 17.8.